The fraction of sp³-hybridized carbons (Fsp3) is 0.647. The molecule has 0 radical (unpaired) electrons. The van der Waals surface area contributed by atoms with Crippen molar-refractivity contribution in [2.45, 2.75) is 40.2 Å². The monoisotopic (exact) mass is 303 g/mol. The maximum absolute atomic E-state index is 5.84. The Balaban J connectivity index is 1.85. The number of rotatable bonds is 5. The zero-order valence-corrected chi connectivity index (χ0v) is 14.0. The van der Waals surface area contributed by atoms with E-state index in [1.54, 1.807) is 0 Å². The Bertz CT molecular complexity index is 472. The van der Waals surface area contributed by atoms with E-state index in [0.717, 1.165) is 36.9 Å². The molecule has 1 aromatic rings. The van der Waals surface area contributed by atoms with Crippen LogP contribution in [0.5, 0.6) is 0 Å². The summed E-state index contributed by atoms with van der Waals surface area (Å²) in [5.41, 5.74) is 6.93. The maximum Gasteiger partial charge on any atom is 0.188 e. The molecule has 1 aliphatic heterocycles. The predicted octanol–water partition coefficient (Wildman–Crippen LogP) is 2.38. The van der Waals surface area contributed by atoms with Gasteiger partial charge in [0.2, 0.25) is 0 Å². The van der Waals surface area contributed by atoms with Crippen molar-refractivity contribution in [2.75, 3.05) is 24.5 Å². The van der Waals surface area contributed by atoms with Crippen molar-refractivity contribution < 1.29 is 0 Å². The molecule has 1 aromatic heterocycles. The van der Waals surface area contributed by atoms with Crippen molar-refractivity contribution in [3.05, 3.63) is 23.9 Å². The third kappa shape index (κ3) is 5.20. The maximum atomic E-state index is 5.84. The molecule has 0 saturated carbocycles. The molecule has 1 saturated heterocycles. The van der Waals surface area contributed by atoms with Crippen molar-refractivity contribution in [1.29, 1.82) is 0 Å². The molecule has 3 N–H and O–H groups in total. The van der Waals surface area contributed by atoms with E-state index in [4.69, 9.17) is 5.73 Å². The van der Waals surface area contributed by atoms with Gasteiger partial charge in [-0.3, -0.25) is 0 Å². The number of anilines is 1. The van der Waals surface area contributed by atoms with E-state index in [9.17, 15) is 0 Å². The summed E-state index contributed by atoms with van der Waals surface area (Å²) < 4.78 is 0. The van der Waals surface area contributed by atoms with E-state index in [1.807, 2.05) is 6.20 Å². The number of hydrogen-bond acceptors (Lipinski definition) is 3. The SMILES string of the molecule is CC(C)CNC(N)=NCc1ccc(N2CCC(C)CC2)nc1. The molecule has 0 amide bonds. The van der Waals surface area contributed by atoms with Crippen LogP contribution < -0.4 is 16.0 Å². The molecule has 1 aliphatic rings. The summed E-state index contributed by atoms with van der Waals surface area (Å²) in [4.78, 5) is 11.3. The number of nitrogens with zero attached hydrogens (tertiary/aromatic N) is 3. The van der Waals surface area contributed by atoms with E-state index < -0.39 is 0 Å². The van der Waals surface area contributed by atoms with E-state index >= 15 is 0 Å². The first-order valence-electron chi connectivity index (χ1n) is 8.28. The van der Waals surface area contributed by atoms with Crippen molar-refractivity contribution >= 4 is 11.8 Å². The number of pyridine rings is 1. The number of hydrogen-bond donors (Lipinski definition) is 2. The molecular formula is C17H29N5. The van der Waals surface area contributed by atoms with E-state index in [2.05, 4.69) is 53.1 Å². The molecule has 0 aliphatic carbocycles. The van der Waals surface area contributed by atoms with Gasteiger partial charge in [0.25, 0.3) is 0 Å². The summed E-state index contributed by atoms with van der Waals surface area (Å²) in [6.45, 7) is 10.2. The van der Waals surface area contributed by atoms with Gasteiger partial charge in [-0.05, 0) is 36.3 Å². The van der Waals surface area contributed by atoms with Crippen LogP contribution in [-0.2, 0) is 6.54 Å². The highest BCUT2D eigenvalue weighted by molar-refractivity contribution is 5.77. The van der Waals surface area contributed by atoms with Crippen LogP contribution in [0.15, 0.2) is 23.3 Å². The van der Waals surface area contributed by atoms with Gasteiger partial charge in [-0.15, -0.1) is 0 Å². The molecule has 5 nitrogen and oxygen atoms in total. The van der Waals surface area contributed by atoms with Crippen molar-refractivity contribution in [3.8, 4) is 0 Å². The molecule has 122 valence electrons. The lowest BCUT2D eigenvalue weighted by molar-refractivity contribution is 0.436. The largest absolute Gasteiger partial charge is 0.370 e. The van der Waals surface area contributed by atoms with Crippen LogP contribution in [-0.4, -0.2) is 30.6 Å². The summed E-state index contributed by atoms with van der Waals surface area (Å²) in [6, 6.07) is 4.19. The number of piperidine rings is 1. The van der Waals surface area contributed by atoms with Crippen LogP contribution in [0.2, 0.25) is 0 Å². The van der Waals surface area contributed by atoms with E-state index in [-0.39, 0.29) is 0 Å². The minimum absolute atomic E-state index is 0.503. The van der Waals surface area contributed by atoms with Gasteiger partial charge in [0, 0.05) is 25.8 Å². The lowest BCUT2D eigenvalue weighted by atomic mass is 9.99. The quantitative estimate of drug-likeness (QED) is 0.647. The molecule has 2 rings (SSSR count). The van der Waals surface area contributed by atoms with Crippen LogP contribution in [0.1, 0.15) is 39.2 Å². The lowest BCUT2D eigenvalue weighted by Gasteiger charge is -2.31. The highest BCUT2D eigenvalue weighted by Gasteiger charge is 2.16. The summed E-state index contributed by atoms with van der Waals surface area (Å²) in [5, 5.41) is 3.12. The molecule has 0 atom stereocenters. The Hall–Kier alpha value is -1.78. The average molecular weight is 303 g/mol. The smallest absolute Gasteiger partial charge is 0.188 e. The summed E-state index contributed by atoms with van der Waals surface area (Å²) in [7, 11) is 0. The summed E-state index contributed by atoms with van der Waals surface area (Å²) in [6.07, 6.45) is 4.42. The highest BCUT2D eigenvalue weighted by Crippen LogP contribution is 2.21. The molecule has 0 spiro atoms. The second kappa shape index (κ2) is 8.01. The number of nitrogens with two attached hydrogens (primary N) is 1. The summed E-state index contributed by atoms with van der Waals surface area (Å²) in [5.74, 6) is 2.97. The number of nitrogens with one attached hydrogen (secondary N) is 1. The first-order valence-corrected chi connectivity index (χ1v) is 8.28. The van der Waals surface area contributed by atoms with Gasteiger partial charge in [0.1, 0.15) is 5.82 Å². The predicted molar refractivity (Wildman–Crippen MR) is 93.0 cm³/mol. The molecule has 22 heavy (non-hydrogen) atoms. The Morgan fingerprint density at radius 2 is 2.14 bits per heavy atom. The van der Waals surface area contributed by atoms with Crippen LogP contribution >= 0.6 is 0 Å². The van der Waals surface area contributed by atoms with Gasteiger partial charge in [-0.1, -0.05) is 26.8 Å². The zero-order valence-electron chi connectivity index (χ0n) is 14.0. The first kappa shape index (κ1) is 16.6. The normalized spacial score (nSPS) is 17.1. The van der Waals surface area contributed by atoms with E-state index in [0.29, 0.717) is 18.4 Å². The molecule has 1 fully saturated rings. The Morgan fingerprint density at radius 3 is 2.73 bits per heavy atom. The van der Waals surface area contributed by atoms with Gasteiger partial charge in [-0.25, -0.2) is 9.98 Å². The first-order chi connectivity index (χ1) is 10.5. The van der Waals surface area contributed by atoms with Gasteiger partial charge in [-0.2, -0.15) is 0 Å². The minimum Gasteiger partial charge on any atom is -0.370 e. The van der Waals surface area contributed by atoms with Gasteiger partial charge < -0.3 is 16.0 Å². The fourth-order valence-corrected chi connectivity index (χ4v) is 2.48. The van der Waals surface area contributed by atoms with Crippen LogP contribution in [0, 0.1) is 11.8 Å². The van der Waals surface area contributed by atoms with Gasteiger partial charge in [0.15, 0.2) is 5.96 Å². The van der Waals surface area contributed by atoms with Crippen LogP contribution in [0.3, 0.4) is 0 Å². The highest BCUT2D eigenvalue weighted by atomic mass is 15.2. The summed E-state index contributed by atoms with van der Waals surface area (Å²) >= 11 is 0. The number of aliphatic imine (C=N–C) groups is 1. The van der Waals surface area contributed by atoms with Crippen molar-refractivity contribution in [2.24, 2.45) is 22.6 Å². The van der Waals surface area contributed by atoms with E-state index in [1.165, 1.54) is 12.8 Å². The molecule has 2 heterocycles. The molecule has 0 unspecified atom stereocenters. The van der Waals surface area contributed by atoms with Crippen molar-refractivity contribution in [1.82, 2.24) is 10.3 Å². The van der Waals surface area contributed by atoms with Crippen LogP contribution in [0.25, 0.3) is 0 Å². The molecule has 5 heteroatoms. The topological polar surface area (TPSA) is 66.5 Å². The minimum atomic E-state index is 0.503. The molecule has 0 aromatic carbocycles. The van der Waals surface area contributed by atoms with Crippen LogP contribution in [0.4, 0.5) is 5.82 Å². The standard InChI is InChI=1S/C17H29N5/c1-13(2)10-20-17(18)21-12-15-4-5-16(19-11-15)22-8-6-14(3)7-9-22/h4-5,11,13-14H,6-10,12H2,1-3H3,(H3,18,20,21). The zero-order chi connectivity index (χ0) is 15.9. The Labute approximate surface area is 134 Å². The molecular weight excluding hydrogens is 274 g/mol. The molecule has 0 bridgehead atoms. The second-order valence-electron chi connectivity index (χ2n) is 6.67. The lowest BCUT2D eigenvalue weighted by Crippen LogP contribution is -2.34. The Kier molecular flexibility index (Phi) is 6.04. The number of guanidine groups is 1. The third-order valence-corrected chi connectivity index (χ3v) is 4.04. The Morgan fingerprint density at radius 1 is 1.41 bits per heavy atom. The second-order valence-corrected chi connectivity index (χ2v) is 6.67. The van der Waals surface area contributed by atoms with Gasteiger partial charge >= 0.3 is 0 Å². The van der Waals surface area contributed by atoms with Crippen molar-refractivity contribution in [3.63, 3.8) is 0 Å². The fourth-order valence-electron chi connectivity index (χ4n) is 2.48. The van der Waals surface area contributed by atoms with Gasteiger partial charge in [0.05, 0.1) is 6.54 Å². The third-order valence-electron chi connectivity index (χ3n) is 4.04. The average Bonchev–Trinajstić information content (AvgIpc) is 2.52. The number of aromatic nitrogens is 1.